The van der Waals surface area contributed by atoms with Gasteiger partial charge in [-0.1, -0.05) is 0 Å². The molecule has 0 radical (unpaired) electrons. The number of anilines is 1. The van der Waals surface area contributed by atoms with Crippen molar-refractivity contribution in [1.82, 2.24) is 4.98 Å². The summed E-state index contributed by atoms with van der Waals surface area (Å²) in [5.41, 5.74) is 2.66. The number of nitrogens with zero attached hydrogens (tertiary/aromatic N) is 1. The van der Waals surface area contributed by atoms with Crippen molar-refractivity contribution >= 4 is 22.5 Å². The third-order valence-corrected chi connectivity index (χ3v) is 4.34. The highest BCUT2D eigenvalue weighted by atomic mass is 16.5. The third-order valence-electron chi connectivity index (χ3n) is 4.34. The summed E-state index contributed by atoms with van der Waals surface area (Å²) in [5.74, 6) is 0.844. The molecule has 0 atom stereocenters. The average Bonchev–Trinajstić information content (AvgIpc) is 3.30. The van der Waals surface area contributed by atoms with Crippen LogP contribution in [0.2, 0.25) is 0 Å². The molecule has 1 saturated carbocycles. The Bertz CT molecular complexity index is 863. The number of hydrogen-bond donors (Lipinski definition) is 1. The van der Waals surface area contributed by atoms with Gasteiger partial charge in [0.1, 0.15) is 5.75 Å². The second-order valence-electron chi connectivity index (χ2n) is 6.14. The number of H-pyrrole nitrogens is 1. The lowest BCUT2D eigenvalue weighted by Crippen LogP contribution is -2.30. The quantitative estimate of drug-likeness (QED) is 0.758. The van der Waals surface area contributed by atoms with E-state index in [1.165, 1.54) is 0 Å². The molecule has 0 spiro atoms. The summed E-state index contributed by atoms with van der Waals surface area (Å²) in [6.07, 6.45) is 4.54. The molecule has 4 rings (SSSR count). The van der Waals surface area contributed by atoms with Crippen LogP contribution in [0, 0.1) is 0 Å². The van der Waals surface area contributed by atoms with Crippen LogP contribution in [-0.2, 0) is 0 Å². The molecular weight excluding hydrogens is 300 g/mol. The minimum Gasteiger partial charge on any atom is -0.490 e. The lowest BCUT2D eigenvalue weighted by molar-refractivity contribution is 0.0988. The fourth-order valence-electron chi connectivity index (χ4n) is 2.86. The molecule has 1 aromatic heterocycles. The number of nitrogens with one attached hydrogen (secondary N) is 1. The molecule has 1 fully saturated rings. The van der Waals surface area contributed by atoms with Gasteiger partial charge in [-0.15, -0.1) is 0 Å². The number of fused-ring (bicyclic) bond motifs is 1. The van der Waals surface area contributed by atoms with Crippen LogP contribution in [0.25, 0.3) is 10.9 Å². The van der Waals surface area contributed by atoms with Gasteiger partial charge in [0.15, 0.2) is 0 Å². The van der Waals surface area contributed by atoms with E-state index in [1.807, 2.05) is 61.7 Å². The van der Waals surface area contributed by atoms with E-state index in [9.17, 15) is 4.79 Å². The van der Waals surface area contributed by atoms with Gasteiger partial charge < -0.3 is 14.6 Å². The average molecular weight is 320 g/mol. The molecule has 1 amide bonds. The number of carbonyl (C=O) groups is 1. The van der Waals surface area contributed by atoms with Crippen molar-refractivity contribution < 1.29 is 9.53 Å². The molecule has 2 aromatic carbocycles. The Morgan fingerprint density at radius 2 is 1.96 bits per heavy atom. The molecule has 1 heterocycles. The van der Waals surface area contributed by atoms with Crippen LogP contribution in [-0.4, -0.2) is 23.5 Å². The molecule has 1 aliphatic rings. The van der Waals surface area contributed by atoms with Crippen molar-refractivity contribution in [1.29, 1.82) is 0 Å². The maximum atomic E-state index is 12.9. The van der Waals surface area contributed by atoms with E-state index in [1.54, 1.807) is 4.90 Å². The van der Waals surface area contributed by atoms with Crippen LogP contribution in [0.4, 0.5) is 5.69 Å². The molecule has 4 nitrogen and oxygen atoms in total. The fourth-order valence-corrected chi connectivity index (χ4v) is 2.86. The Balaban J connectivity index is 1.57. The van der Waals surface area contributed by atoms with Gasteiger partial charge in [0.05, 0.1) is 6.10 Å². The maximum Gasteiger partial charge on any atom is 0.258 e. The first-order valence-electron chi connectivity index (χ1n) is 8.40. The van der Waals surface area contributed by atoms with Crippen molar-refractivity contribution in [2.75, 3.05) is 11.4 Å². The monoisotopic (exact) mass is 320 g/mol. The molecule has 0 bridgehead atoms. The number of aromatic amines is 1. The summed E-state index contributed by atoms with van der Waals surface area (Å²) in [4.78, 5) is 17.8. The Hall–Kier alpha value is -2.75. The molecule has 1 N–H and O–H groups in total. The second kappa shape index (κ2) is 6.04. The van der Waals surface area contributed by atoms with Crippen molar-refractivity contribution in [2.24, 2.45) is 0 Å². The first kappa shape index (κ1) is 14.8. The maximum absolute atomic E-state index is 12.9. The SMILES string of the molecule is CCN(C(=O)c1ccc(OC2CC2)cc1)c1ccc2[nH]ccc2c1. The van der Waals surface area contributed by atoms with Crippen LogP contribution < -0.4 is 9.64 Å². The number of amides is 1. The van der Waals surface area contributed by atoms with E-state index in [2.05, 4.69) is 4.98 Å². The largest absolute Gasteiger partial charge is 0.490 e. The zero-order valence-corrected chi connectivity index (χ0v) is 13.7. The number of aromatic nitrogens is 1. The topological polar surface area (TPSA) is 45.3 Å². The molecular formula is C20H20N2O2. The van der Waals surface area contributed by atoms with Gasteiger partial charge in [0.25, 0.3) is 5.91 Å². The molecule has 0 unspecified atom stereocenters. The Morgan fingerprint density at radius 1 is 1.17 bits per heavy atom. The van der Waals surface area contributed by atoms with Crippen LogP contribution in [0.15, 0.2) is 54.7 Å². The van der Waals surface area contributed by atoms with E-state index in [0.717, 1.165) is 35.2 Å². The molecule has 1 aliphatic carbocycles. The predicted molar refractivity (Wildman–Crippen MR) is 95.7 cm³/mol. The summed E-state index contributed by atoms with van der Waals surface area (Å²) < 4.78 is 5.74. The Labute approximate surface area is 141 Å². The predicted octanol–water partition coefficient (Wildman–Crippen LogP) is 4.38. The smallest absolute Gasteiger partial charge is 0.258 e. The zero-order valence-electron chi connectivity index (χ0n) is 13.7. The van der Waals surface area contributed by atoms with Crippen molar-refractivity contribution in [3.05, 3.63) is 60.3 Å². The lowest BCUT2D eigenvalue weighted by atomic mass is 10.1. The minimum atomic E-state index is 0.00496. The number of rotatable bonds is 5. The number of hydrogen-bond acceptors (Lipinski definition) is 2. The fraction of sp³-hybridized carbons (Fsp3) is 0.250. The van der Waals surface area contributed by atoms with Crippen LogP contribution in [0.1, 0.15) is 30.1 Å². The van der Waals surface area contributed by atoms with Crippen LogP contribution in [0.5, 0.6) is 5.75 Å². The number of carbonyl (C=O) groups excluding carboxylic acids is 1. The van der Waals surface area contributed by atoms with E-state index in [0.29, 0.717) is 18.2 Å². The van der Waals surface area contributed by atoms with Gasteiger partial charge in [-0.3, -0.25) is 4.79 Å². The third kappa shape index (κ3) is 2.87. The van der Waals surface area contributed by atoms with E-state index >= 15 is 0 Å². The summed E-state index contributed by atoms with van der Waals surface area (Å²) >= 11 is 0. The molecule has 0 saturated heterocycles. The normalized spacial score (nSPS) is 13.9. The first-order chi connectivity index (χ1) is 11.7. The standard InChI is InChI=1S/C20H20N2O2/c1-2-22(16-5-10-19-15(13-16)11-12-21-19)20(23)14-3-6-17(7-4-14)24-18-8-9-18/h3-7,10-13,18,21H,2,8-9H2,1H3. The summed E-state index contributed by atoms with van der Waals surface area (Å²) in [6, 6.07) is 15.5. The summed E-state index contributed by atoms with van der Waals surface area (Å²) in [6.45, 7) is 2.61. The van der Waals surface area contributed by atoms with Crippen molar-refractivity contribution in [3.63, 3.8) is 0 Å². The molecule has 122 valence electrons. The molecule has 0 aliphatic heterocycles. The van der Waals surface area contributed by atoms with Gasteiger partial charge in [-0.25, -0.2) is 0 Å². The van der Waals surface area contributed by atoms with Gasteiger partial charge >= 0.3 is 0 Å². The van der Waals surface area contributed by atoms with Gasteiger partial charge in [-0.05, 0) is 68.3 Å². The summed E-state index contributed by atoms with van der Waals surface area (Å²) in [7, 11) is 0. The minimum absolute atomic E-state index is 0.00496. The van der Waals surface area contributed by atoms with Crippen LogP contribution in [0.3, 0.4) is 0 Å². The van der Waals surface area contributed by atoms with Gasteiger partial charge in [0.2, 0.25) is 0 Å². The highest BCUT2D eigenvalue weighted by Gasteiger charge is 2.23. The second-order valence-corrected chi connectivity index (χ2v) is 6.14. The zero-order chi connectivity index (χ0) is 16.5. The van der Waals surface area contributed by atoms with Crippen LogP contribution >= 0.6 is 0 Å². The lowest BCUT2D eigenvalue weighted by Gasteiger charge is -2.21. The van der Waals surface area contributed by atoms with E-state index in [4.69, 9.17) is 4.74 Å². The highest BCUT2D eigenvalue weighted by molar-refractivity contribution is 6.06. The van der Waals surface area contributed by atoms with Crippen molar-refractivity contribution in [2.45, 2.75) is 25.9 Å². The van der Waals surface area contributed by atoms with E-state index < -0.39 is 0 Å². The number of benzene rings is 2. The van der Waals surface area contributed by atoms with Gasteiger partial charge in [0, 0.05) is 34.9 Å². The Morgan fingerprint density at radius 3 is 2.67 bits per heavy atom. The highest BCUT2D eigenvalue weighted by Crippen LogP contribution is 2.27. The van der Waals surface area contributed by atoms with E-state index in [-0.39, 0.29) is 5.91 Å². The molecule has 24 heavy (non-hydrogen) atoms. The molecule has 3 aromatic rings. The number of ether oxygens (including phenoxy) is 1. The first-order valence-corrected chi connectivity index (χ1v) is 8.40. The Kier molecular flexibility index (Phi) is 3.73. The van der Waals surface area contributed by atoms with Crippen molar-refractivity contribution in [3.8, 4) is 5.75 Å². The molecule has 4 heteroatoms. The van der Waals surface area contributed by atoms with Gasteiger partial charge in [-0.2, -0.15) is 0 Å². The summed E-state index contributed by atoms with van der Waals surface area (Å²) in [5, 5.41) is 1.10.